The molecule has 1 unspecified atom stereocenters. The first-order chi connectivity index (χ1) is 9.29. The second kappa shape index (κ2) is 7.65. The quantitative estimate of drug-likeness (QED) is 0.851. The van der Waals surface area contributed by atoms with Crippen molar-refractivity contribution in [2.24, 2.45) is 7.05 Å². The summed E-state index contributed by atoms with van der Waals surface area (Å²) in [7, 11) is 2.02. The van der Waals surface area contributed by atoms with Crippen molar-refractivity contribution >= 4 is 0 Å². The van der Waals surface area contributed by atoms with Crippen molar-refractivity contribution < 1.29 is 0 Å². The predicted octanol–water partition coefficient (Wildman–Crippen LogP) is 1.82. The molecule has 0 bridgehead atoms. The minimum atomic E-state index is 0.704. The highest BCUT2D eigenvalue weighted by atomic mass is 15.3. The molecule has 1 fully saturated rings. The van der Waals surface area contributed by atoms with Crippen molar-refractivity contribution in [2.45, 2.75) is 45.1 Å². The molecule has 4 nitrogen and oxygen atoms in total. The van der Waals surface area contributed by atoms with Gasteiger partial charge in [0, 0.05) is 37.9 Å². The van der Waals surface area contributed by atoms with E-state index in [0.29, 0.717) is 6.04 Å². The Morgan fingerprint density at radius 2 is 2.26 bits per heavy atom. The van der Waals surface area contributed by atoms with Crippen LogP contribution < -0.4 is 5.32 Å². The Balaban J connectivity index is 1.67. The molecule has 4 heteroatoms. The van der Waals surface area contributed by atoms with Crippen molar-refractivity contribution in [1.82, 2.24) is 20.0 Å². The number of rotatable bonds is 6. The van der Waals surface area contributed by atoms with E-state index >= 15 is 0 Å². The third kappa shape index (κ3) is 4.62. The Kier molecular flexibility index (Phi) is 5.86. The SMILES string of the molecule is CCCN1CCCC(NCCc2ccnn2C)CC1. The van der Waals surface area contributed by atoms with Gasteiger partial charge >= 0.3 is 0 Å². The summed E-state index contributed by atoms with van der Waals surface area (Å²) in [6, 6.07) is 2.81. The summed E-state index contributed by atoms with van der Waals surface area (Å²) in [5.74, 6) is 0. The number of aryl methyl sites for hydroxylation is 1. The highest BCUT2D eigenvalue weighted by molar-refractivity contribution is 5.00. The monoisotopic (exact) mass is 264 g/mol. The molecule has 0 spiro atoms. The number of nitrogens with one attached hydrogen (secondary N) is 1. The van der Waals surface area contributed by atoms with Crippen molar-refractivity contribution in [1.29, 1.82) is 0 Å². The van der Waals surface area contributed by atoms with E-state index in [-0.39, 0.29) is 0 Å². The highest BCUT2D eigenvalue weighted by Gasteiger charge is 2.15. The average molecular weight is 264 g/mol. The van der Waals surface area contributed by atoms with Crippen LogP contribution in [-0.2, 0) is 13.5 Å². The summed E-state index contributed by atoms with van der Waals surface area (Å²) in [5.41, 5.74) is 1.31. The van der Waals surface area contributed by atoms with Gasteiger partial charge in [0.25, 0.3) is 0 Å². The summed E-state index contributed by atoms with van der Waals surface area (Å²) >= 11 is 0. The second-order valence-electron chi connectivity index (χ2n) is 5.62. The average Bonchev–Trinajstić information content (AvgIpc) is 2.68. The lowest BCUT2D eigenvalue weighted by Crippen LogP contribution is -2.32. The highest BCUT2D eigenvalue weighted by Crippen LogP contribution is 2.11. The fraction of sp³-hybridized carbons (Fsp3) is 0.800. The van der Waals surface area contributed by atoms with Crippen molar-refractivity contribution in [3.63, 3.8) is 0 Å². The van der Waals surface area contributed by atoms with Crippen LogP contribution in [0.4, 0.5) is 0 Å². The topological polar surface area (TPSA) is 33.1 Å². The smallest absolute Gasteiger partial charge is 0.0492 e. The molecule has 1 saturated heterocycles. The first kappa shape index (κ1) is 14.5. The van der Waals surface area contributed by atoms with Crippen LogP contribution in [0.2, 0.25) is 0 Å². The molecule has 0 aromatic carbocycles. The van der Waals surface area contributed by atoms with Crippen LogP contribution in [0.15, 0.2) is 12.3 Å². The summed E-state index contributed by atoms with van der Waals surface area (Å²) < 4.78 is 1.97. The third-order valence-corrected chi connectivity index (χ3v) is 4.10. The van der Waals surface area contributed by atoms with E-state index in [9.17, 15) is 0 Å². The fourth-order valence-electron chi connectivity index (χ4n) is 2.95. The van der Waals surface area contributed by atoms with Gasteiger partial charge < -0.3 is 10.2 Å². The molecule has 0 amide bonds. The molecule has 1 aromatic rings. The zero-order chi connectivity index (χ0) is 13.5. The zero-order valence-corrected chi connectivity index (χ0v) is 12.4. The van der Waals surface area contributed by atoms with Gasteiger partial charge in [-0.1, -0.05) is 6.92 Å². The number of hydrogen-bond donors (Lipinski definition) is 1. The number of likely N-dealkylation sites (tertiary alicyclic amines) is 1. The molecule has 0 saturated carbocycles. The van der Waals surface area contributed by atoms with Crippen LogP contribution in [0.5, 0.6) is 0 Å². The Hall–Kier alpha value is -0.870. The minimum Gasteiger partial charge on any atom is -0.314 e. The maximum atomic E-state index is 4.21. The Morgan fingerprint density at radius 1 is 1.37 bits per heavy atom. The lowest BCUT2D eigenvalue weighted by atomic mass is 10.1. The van der Waals surface area contributed by atoms with Gasteiger partial charge in [-0.3, -0.25) is 4.68 Å². The number of aromatic nitrogens is 2. The number of nitrogens with zero attached hydrogens (tertiary/aromatic N) is 3. The molecule has 19 heavy (non-hydrogen) atoms. The summed E-state index contributed by atoms with van der Waals surface area (Å²) in [5, 5.41) is 7.93. The molecule has 1 atom stereocenters. The first-order valence-corrected chi connectivity index (χ1v) is 7.72. The van der Waals surface area contributed by atoms with Crippen LogP contribution in [0.3, 0.4) is 0 Å². The zero-order valence-electron chi connectivity index (χ0n) is 12.4. The van der Waals surface area contributed by atoms with Crippen molar-refractivity contribution in [2.75, 3.05) is 26.2 Å². The van der Waals surface area contributed by atoms with E-state index in [1.165, 1.54) is 51.0 Å². The van der Waals surface area contributed by atoms with Crippen LogP contribution in [0.25, 0.3) is 0 Å². The van der Waals surface area contributed by atoms with E-state index in [1.807, 2.05) is 17.9 Å². The van der Waals surface area contributed by atoms with Gasteiger partial charge in [0.2, 0.25) is 0 Å². The summed E-state index contributed by atoms with van der Waals surface area (Å²) in [4.78, 5) is 2.61. The summed E-state index contributed by atoms with van der Waals surface area (Å²) in [6.07, 6.45) is 8.19. The predicted molar refractivity (Wildman–Crippen MR) is 79.3 cm³/mol. The largest absolute Gasteiger partial charge is 0.314 e. The Labute approximate surface area is 117 Å². The van der Waals surface area contributed by atoms with Gasteiger partial charge in [-0.05, 0) is 51.4 Å². The molecule has 0 aliphatic carbocycles. The normalized spacial score (nSPS) is 21.5. The van der Waals surface area contributed by atoms with Crippen LogP contribution in [0.1, 0.15) is 38.3 Å². The van der Waals surface area contributed by atoms with Gasteiger partial charge in [0.1, 0.15) is 0 Å². The van der Waals surface area contributed by atoms with E-state index in [2.05, 4.69) is 28.3 Å². The second-order valence-corrected chi connectivity index (χ2v) is 5.62. The minimum absolute atomic E-state index is 0.704. The molecule has 108 valence electrons. The molecule has 1 aliphatic rings. The molecule has 0 radical (unpaired) electrons. The van der Waals surface area contributed by atoms with E-state index < -0.39 is 0 Å². The van der Waals surface area contributed by atoms with Crippen LogP contribution in [0, 0.1) is 0 Å². The van der Waals surface area contributed by atoms with Crippen molar-refractivity contribution in [3.8, 4) is 0 Å². The maximum absolute atomic E-state index is 4.21. The molecule has 1 N–H and O–H groups in total. The van der Waals surface area contributed by atoms with Gasteiger partial charge in [0.05, 0.1) is 0 Å². The Morgan fingerprint density at radius 3 is 3.00 bits per heavy atom. The lowest BCUT2D eigenvalue weighted by Gasteiger charge is -2.19. The fourth-order valence-corrected chi connectivity index (χ4v) is 2.95. The van der Waals surface area contributed by atoms with Gasteiger partial charge in [-0.15, -0.1) is 0 Å². The molecule has 1 aliphatic heterocycles. The van der Waals surface area contributed by atoms with E-state index in [0.717, 1.165) is 13.0 Å². The standard InChI is InChI=1S/C15H28N4/c1-3-11-19-12-4-5-14(8-13-19)16-9-6-15-7-10-17-18(15)2/h7,10,14,16H,3-6,8-9,11-13H2,1-2H3. The maximum Gasteiger partial charge on any atom is 0.0492 e. The summed E-state index contributed by atoms with van der Waals surface area (Å²) in [6.45, 7) is 7.15. The molecular formula is C15H28N4. The number of hydrogen-bond acceptors (Lipinski definition) is 3. The molecule has 2 rings (SSSR count). The van der Waals surface area contributed by atoms with Gasteiger partial charge in [-0.25, -0.2) is 0 Å². The van der Waals surface area contributed by atoms with Crippen molar-refractivity contribution in [3.05, 3.63) is 18.0 Å². The lowest BCUT2D eigenvalue weighted by molar-refractivity contribution is 0.282. The van der Waals surface area contributed by atoms with Gasteiger partial charge in [-0.2, -0.15) is 5.10 Å². The van der Waals surface area contributed by atoms with Crippen LogP contribution in [-0.4, -0.2) is 46.9 Å². The van der Waals surface area contributed by atoms with E-state index in [1.54, 1.807) is 0 Å². The Bertz CT molecular complexity index is 361. The van der Waals surface area contributed by atoms with E-state index in [4.69, 9.17) is 0 Å². The molecule has 2 heterocycles. The molecular weight excluding hydrogens is 236 g/mol. The van der Waals surface area contributed by atoms with Crippen LogP contribution >= 0.6 is 0 Å². The third-order valence-electron chi connectivity index (χ3n) is 4.10. The van der Waals surface area contributed by atoms with Gasteiger partial charge in [0.15, 0.2) is 0 Å². The first-order valence-electron chi connectivity index (χ1n) is 7.72. The molecule has 1 aromatic heterocycles.